The van der Waals surface area contributed by atoms with Crippen LogP contribution in [0.5, 0.6) is 0 Å². The molecule has 0 aliphatic carbocycles. The normalized spacial score (nSPS) is 10.4. The van der Waals surface area contributed by atoms with Gasteiger partial charge in [0.05, 0.1) is 0 Å². The van der Waals surface area contributed by atoms with Crippen molar-refractivity contribution in [3.8, 4) is 0 Å². The van der Waals surface area contributed by atoms with Gasteiger partial charge in [-0.3, -0.25) is 0 Å². The Hall–Kier alpha value is -1.58. The van der Waals surface area contributed by atoms with Crippen molar-refractivity contribution < 1.29 is 4.52 Å². The van der Waals surface area contributed by atoms with Crippen LogP contribution in [0.25, 0.3) is 17.3 Å². The first kappa shape index (κ1) is 5.22. The minimum atomic E-state index is 0.662. The summed E-state index contributed by atoms with van der Waals surface area (Å²) < 4.78 is 4.76. The molecule has 2 aromatic heterocycles. The van der Waals surface area contributed by atoms with Gasteiger partial charge in [0.1, 0.15) is 0 Å². The third-order valence-corrected chi connectivity index (χ3v) is 1.28. The van der Waals surface area contributed by atoms with Gasteiger partial charge in [-0.05, 0) is 6.08 Å². The third kappa shape index (κ3) is 0.556. The van der Waals surface area contributed by atoms with E-state index in [9.17, 15) is 0 Å². The number of hydrogen-bond acceptors (Lipinski definition) is 3. The van der Waals surface area contributed by atoms with Crippen molar-refractivity contribution >= 4 is 17.3 Å². The van der Waals surface area contributed by atoms with Gasteiger partial charge in [0.25, 0.3) is 0 Å². The smallest absolute Gasteiger partial charge is 0.206 e. The number of H-pyrrole nitrogens is 1. The summed E-state index contributed by atoms with van der Waals surface area (Å²) >= 11 is 0. The zero-order valence-corrected chi connectivity index (χ0v) is 5.16. The van der Waals surface area contributed by atoms with Crippen molar-refractivity contribution in [3.63, 3.8) is 0 Å². The van der Waals surface area contributed by atoms with Crippen LogP contribution in [-0.4, -0.2) is 15.4 Å². The molecule has 0 saturated carbocycles. The highest BCUT2D eigenvalue weighted by Crippen LogP contribution is 2.11. The molecule has 1 N–H and O–H groups in total. The molecule has 0 fully saturated rings. The Labute approximate surface area is 56.5 Å². The molecule has 0 saturated heterocycles. The summed E-state index contributed by atoms with van der Waals surface area (Å²) in [6, 6.07) is 1.79. The van der Waals surface area contributed by atoms with Gasteiger partial charge in [-0.25, -0.2) is 0 Å². The first-order valence-corrected chi connectivity index (χ1v) is 2.83. The van der Waals surface area contributed by atoms with Crippen LogP contribution in [0.3, 0.4) is 0 Å². The summed E-state index contributed by atoms with van der Waals surface area (Å²) in [6.45, 7) is 3.58. The van der Waals surface area contributed by atoms with E-state index >= 15 is 0 Å². The fourth-order valence-corrected chi connectivity index (χ4v) is 0.803. The summed E-state index contributed by atoms with van der Waals surface area (Å²) in [6.07, 6.45) is 1.69. The van der Waals surface area contributed by atoms with Gasteiger partial charge in [0.2, 0.25) is 11.2 Å². The van der Waals surface area contributed by atoms with Crippen molar-refractivity contribution in [1.29, 1.82) is 0 Å². The average molecular weight is 135 g/mol. The Balaban J connectivity index is 2.78. The van der Waals surface area contributed by atoms with Crippen molar-refractivity contribution in [2.24, 2.45) is 0 Å². The molecule has 0 radical (unpaired) electrons. The Morgan fingerprint density at radius 3 is 3.30 bits per heavy atom. The second-order valence-electron chi connectivity index (χ2n) is 1.91. The van der Waals surface area contributed by atoms with Crippen LogP contribution in [0.1, 0.15) is 5.69 Å². The van der Waals surface area contributed by atoms with Crippen LogP contribution in [-0.2, 0) is 0 Å². The summed E-state index contributed by atoms with van der Waals surface area (Å²) in [5.41, 5.74) is 2.22. The van der Waals surface area contributed by atoms with Crippen LogP contribution < -0.4 is 0 Å². The first-order valence-electron chi connectivity index (χ1n) is 2.83. The number of fused-ring (bicyclic) bond motifs is 1. The van der Waals surface area contributed by atoms with E-state index in [4.69, 9.17) is 4.52 Å². The number of rotatable bonds is 1. The molecule has 0 spiro atoms. The Kier molecular flexibility index (Phi) is 0.887. The molecule has 2 heterocycles. The van der Waals surface area contributed by atoms with Gasteiger partial charge in [0.15, 0.2) is 0 Å². The van der Waals surface area contributed by atoms with Gasteiger partial charge < -0.3 is 9.51 Å². The highest BCUT2D eigenvalue weighted by molar-refractivity contribution is 5.71. The number of hydrogen-bond donors (Lipinski definition) is 1. The molecule has 0 amide bonds. The largest absolute Gasteiger partial charge is 0.335 e. The summed E-state index contributed by atoms with van der Waals surface area (Å²) in [4.78, 5) is 2.94. The molecule has 2 aromatic rings. The molecule has 0 bridgehead atoms. The predicted octanol–water partition coefficient (Wildman–Crippen LogP) is 1.19. The van der Waals surface area contributed by atoms with Gasteiger partial charge in [-0.2, -0.15) is 0 Å². The number of nitrogens with one attached hydrogen (secondary N) is 1. The lowest BCUT2D eigenvalue weighted by molar-refractivity contribution is 0.424. The standard InChI is InChI=1S/C6H5N3O/c1-2-4-3-5-6(7-4)8-9-10-5/h2-3,7H,1H2. The second-order valence-corrected chi connectivity index (χ2v) is 1.91. The predicted molar refractivity (Wildman–Crippen MR) is 36.2 cm³/mol. The van der Waals surface area contributed by atoms with Gasteiger partial charge in [0, 0.05) is 17.0 Å². The monoisotopic (exact) mass is 135 g/mol. The molecule has 4 heteroatoms. The molecule has 0 aromatic carbocycles. The van der Waals surface area contributed by atoms with Crippen molar-refractivity contribution in [2.45, 2.75) is 0 Å². The first-order chi connectivity index (χ1) is 4.90. The summed E-state index contributed by atoms with van der Waals surface area (Å²) in [5.74, 6) is 0. The van der Waals surface area contributed by atoms with E-state index in [1.165, 1.54) is 0 Å². The molecule has 4 nitrogen and oxygen atoms in total. The maximum absolute atomic E-state index is 4.76. The molecule has 50 valence electrons. The van der Waals surface area contributed by atoms with E-state index in [0.717, 1.165) is 5.69 Å². The lowest BCUT2D eigenvalue weighted by Gasteiger charge is -1.76. The average Bonchev–Trinajstić information content (AvgIpc) is 2.42. The fraction of sp³-hybridized carbons (Fsp3) is 0. The highest BCUT2D eigenvalue weighted by atomic mass is 16.5. The molecule has 2 rings (SSSR count). The van der Waals surface area contributed by atoms with Gasteiger partial charge >= 0.3 is 0 Å². The summed E-state index contributed by atoms with van der Waals surface area (Å²) in [5, 5.41) is 7.01. The van der Waals surface area contributed by atoms with E-state index < -0.39 is 0 Å². The van der Waals surface area contributed by atoms with Crippen LogP contribution in [0.4, 0.5) is 0 Å². The fourth-order valence-electron chi connectivity index (χ4n) is 0.803. The SMILES string of the molecule is C=Cc1cc2onnc2[nH]1. The molecule has 0 aliphatic heterocycles. The number of aromatic nitrogens is 3. The quantitative estimate of drug-likeness (QED) is 0.639. The lowest BCUT2D eigenvalue weighted by atomic mass is 10.4. The van der Waals surface area contributed by atoms with E-state index in [-0.39, 0.29) is 0 Å². The molecule has 0 unspecified atom stereocenters. The van der Waals surface area contributed by atoms with E-state index in [2.05, 4.69) is 21.9 Å². The lowest BCUT2D eigenvalue weighted by Crippen LogP contribution is -1.70. The highest BCUT2D eigenvalue weighted by Gasteiger charge is 2.01. The minimum Gasteiger partial charge on any atom is -0.335 e. The zero-order valence-electron chi connectivity index (χ0n) is 5.16. The van der Waals surface area contributed by atoms with E-state index in [0.29, 0.717) is 11.2 Å². The van der Waals surface area contributed by atoms with Crippen molar-refractivity contribution in [3.05, 3.63) is 18.3 Å². The number of aromatic amines is 1. The maximum atomic E-state index is 4.76. The number of nitrogens with zero attached hydrogens (tertiary/aromatic N) is 2. The van der Waals surface area contributed by atoms with Crippen LogP contribution in [0.15, 0.2) is 17.2 Å². The van der Waals surface area contributed by atoms with Crippen molar-refractivity contribution in [1.82, 2.24) is 15.4 Å². The molecular weight excluding hydrogens is 130 g/mol. The maximum Gasteiger partial charge on any atom is 0.206 e. The van der Waals surface area contributed by atoms with Crippen LogP contribution >= 0.6 is 0 Å². The molecule has 0 atom stereocenters. The minimum absolute atomic E-state index is 0.662. The molecule has 10 heavy (non-hydrogen) atoms. The van der Waals surface area contributed by atoms with E-state index in [1.807, 2.05) is 0 Å². The van der Waals surface area contributed by atoms with Crippen molar-refractivity contribution in [2.75, 3.05) is 0 Å². The molecular formula is C6H5N3O. The third-order valence-electron chi connectivity index (χ3n) is 1.28. The van der Waals surface area contributed by atoms with Gasteiger partial charge in [-0.1, -0.05) is 11.7 Å². The Bertz CT molecular complexity index is 331. The molecule has 0 aliphatic rings. The topological polar surface area (TPSA) is 54.7 Å². The van der Waals surface area contributed by atoms with Crippen LogP contribution in [0, 0.1) is 0 Å². The van der Waals surface area contributed by atoms with Crippen LogP contribution in [0.2, 0.25) is 0 Å². The van der Waals surface area contributed by atoms with E-state index in [1.54, 1.807) is 12.1 Å². The Morgan fingerprint density at radius 1 is 1.70 bits per heavy atom. The zero-order chi connectivity index (χ0) is 6.97. The summed E-state index contributed by atoms with van der Waals surface area (Å²) in [7, 11) is 0. The Morgan fingerprint density at radius 2 is 2.60 bits per heavy atom. The second kappa shape index (κ2) is 1.70. The van der Waals surface area contributed by atoms with Gasteiger partial charge in [-0.15, -0.1) is 0 Å².